The number of benzene rings is 2. The summed E-state index contributed by atoms with van der Waals surface area (Å²) in [6.07, 6.45) is 0. The molecule has 0 amide bonds. The fourth-order valence-corrected chi connectivity index (χ4v) is 2.17. The second kappa shape index (κ2) is 6.21. The number of ketones is 1. The van der Waals surface area contributed by atoms with Gasteiger partial charge in [-0.1, -0.05) is 0 Å². The minimum atomic E-state index is -1.16. The van der Waals surface area contributed by atoms with Crippen molar-refractivity contribution < 1.29 is 23.8 Å². The predicted octanol–water partition coefficient (Wildman–Crippen LogP) is 4.12. The van der Waals surface area contributed by atoms with Crippen LogP contribution in [0.15, 0.2) is 36.4 Å². The number of carbonyl (C=O) groups excluding carboxylic acids is 1. The third-order valence-corrected chi connectivity index (χ3v) is 3.40. The Morgan fingerprint density at radius 3 is 2.38 bits per heavy atom. The molecule has 0 aliphatic carbocycles. The molecule has 0 saturated carbocycles. The van der Waals surface area contributed by atoms with Crippen molar-refractivity contribution in [3.63, 3.8) is 0 Å². The van der Waals surface area contributed by atoms with Gasteiger partial charge in [-0.25, -0.2) is 9.18 Å². The van der Waals surface area contributed by atoms with Crippen molar-refractivity contribution >= 4 is 34.3 Å². The van der Waals surface area contributed by atoms with Crippen LogP contribution in [0.1, 0.15) is 27.6 Å². The molecular weight excluding hydrogens is 390 g/mol. The first-order chi connectivity index (χ1) is 9.88. The van der Waals surface area contributed by atoms with Crippen molar-refractivity contribution in [2.24, 2.45) is 0 Å². The quantitative estimate of drug-likeness (QED) is 0.620. The first kappa shape index (κ1) is 15.4. The molecule has 21 heavy (non-hydrogen) atoms. The van der Waals surface area contributed by atoms with Gasteiger partial charge in [-0.3, -0.25) is 4.79 Å². The number of hydrogen-bond acceptors (Lipinski definition) is 3. The van der Waals surface area contributed by atoms with E-state index < -0.39 is 11.8 Å². The smallest absolute Gasteiger partial charge is 0.339 e. The summed E-state index contributed by atoms with van der Waals surface area (Å²) in [5, 5.41) is 9.13. The number of aromatic carboxylic acids is 1. The molecule has 0 aliphatic heterocycles. The van der Waals surface area contributed by atoms with Gasteiger partial charge in [0.05, 0.1) is 0 Å². The van der Waals surface area contributed by atoms with E-state index in [1.54, 1.807) is 6.07 Å². The van der Waals surface area contributed by atoms with Gasteiger partial charge in [-0.05, 0) is 65.9 Å². The van der Waals surface area contributed by atoms with Crippen LogP contribution in [-0.4, -0.2) is 16.9 Å². The fourth-order valence-electron chi connectivity index (χ4n) is 1.68. The molecule has 0 aliphatic rings. The van der Waals surface area contributed by atoms with Crippen LogP contribution in [-0.2, 0) is 0 Å². The molecule has 0 heterocycles. The molecule has 0 saturated heterocycles. The van der Waals surface area contributed by atoms with Crippen LogP contribution in [0.4, 0.5) is 4.39 Å². The molecule has 0 spiro atoms. The maximum atomic E-state index is 13.9. The molecule has 4 nitrogen and oxygen atoms in total. The van der Waals surface area contributed by atoms with Crippen LogP contribution in [0.3, 0.4) is 0 Å². The molecular formula is C15H10FIO4. The Morgan fingerprint density at radius 1 is 1.14 bits per heavy atom. The second-order valence-corrected chi connectivity index (χ2v) is 5.49. The topological polar surface area (TPSA) is 63.6 Å². The summed E-state index contributed by atoms with van der Waals surface area (Å²) in [5.74, 6) is -2.25. The summed E-state index contributed by atoms with van der Waals surface area (Å²) in [4.78, 5) is 22.3. The Labute approximate surface area is 133 Å². The summed E-state index contributed by atoms with van der Waals surface area (Å²) in [6, 6.07) is 8.34. The maximum Gasteiger partial charge on any atom is 0.339 e. The van der Waals surface area contributed by atoms with Crippen LogP contribution in [0.25, 0.3) is 0 Å². The third-order valence-electron chi connectivity index (χ3n) is 2.73. The van der Waals surface area contributed by atoms with E-state index in [9.17, 15) is 14.0 Å². The first-order valence-electron chi connectivity index (χ1n) is 5.89. The third kappa shape index (κ3) is 3.57. The number of ether oxygens (including phenoxy) is 1. The first-order valence-corrected chi connectivity index (χ1v) is 6.97. The van der Waals surface area contributed by atoms with Gasteiger partial charge in [-0.2, -0.15) is 0 Å². The highest BCUT2D eigenvalue weighted by molar-refractivity contribution is 14.1. The summed E-state index contributed by atoms with van der Waals surface area (Å²) in [7, 11) is 0. The number of hydrogen-bond donors (Lipinski definition) is 1. The van der Waals surface area contributed by atoms with Crippen molar-refractivity contribution in [3.05, 3.63) is 56.9 Å². The Morgan fingerprint density at radius 2 is 1.81 bits per heavy atom. The number of carbonyl (C=O) groups is 2. The van der Waals surface area contributed by atoms with Crippen molar-refractivity contribution in [1.82, 2.24) is 0 Å². The van der Waals surface area contributed by atoms with Crippen LogP contribution < -0.4 is 4.74 Å². The van der Waals surface area contributed by atoms with Gasteiger partial charge in [0.25, 0.3) is 0 Å². The molecule has 0 aromatic heterocycles. The Kier molecular flexibility index (Phi) is 4.56. The highest BCUT2D eigenvalue weighted by Gasteiger charge is 2.15. The van der Waals surface area contributed by atoms with Crippen molar-refractivity contribution in [1.29, 1.82) is 0 Å². The van der Waals surface area contributed by atoms with Gasteiger partial charge in [0.15, 0.2) is 17.3 Å². The zero-order valence-electron chi connectivity index (χ0n) is 10.9. The van der Waals surface area contributed by atoms with E-state index in [0.29, 0.717) is 0 Å². The summed E-state index contributed by atoms with van der Waals surface area (Å²) in [6.45, 7) is 1.33. The van der Waals surface area contributed by atoms with E-state index in [2.05, 4.69) is 0 Å². The molecule has 2 aromatic rings. The Bertz CT molecular complexity index is 728. The van der Waals surface area contributed by atoms with Crippen LogP contribution in [0, 0.1) is 9.39 Å². The van der Waals surface area contributed by atoms with Crippen LogP contribution in [0.2, 0.25) is 0 Å². The highest BCUT2D eigenvalue weighted by Crippen LogP contribution is 2.29. The normalized spacial score (nSPS) is 10.2. The SMILES string of the molecule is CC(=O)c1ccc(Oc2ccc(I)cc2C(=O)O)c(F)c1. The molecule has 0 radical (unpaired) electrons. The minimum Gasteiger partial charge on any atom is -0.478 e. The van der Waals surface area contributed by atoms with E-state index >= 15 is 0 Å². The molecule has 6 heteroatoms. The van der Waals surface area contributed by atoms with Gasteiger partial charge in [0.1, 0.15) is 11.3 Å². The molecule has 2 rings (SSSR count). The average molecular weight is 400 g/mol. The summed E-state index contributed by atoms with van der Waals surface area (Å²) in [5.41, 5.74) is 0.165. The van der Waals surface area contributed by atoms with E-state index in [1.807, 2.05) is 22.6 Å². The van der Waals surface area contributed by atoms with E-state index in [1.165, 1.54) is 31.2 Å². The summed E-state index contributed by atoms with van der Waals surface area (Å²) >= 11 is 1.97. The lowest BCUT2D eigenvalue weighted by Gasteiger charge is -2.10. The second-order valence-electron chi connectivity index (χ2n) is 4.25. The minimum absolute atomic E-state index is 0.0393. The van der Waals surface area contributed by atoms with Crippen molar-refractivity contribution in [3.8, 4) is 11.5 Å². The molecule has 108 valence electrons. The van der Waals surface area contributed by atoms with Gasteiger partial charge >= 0.3 is 5.97 Å². The zero-order chi connectivity index (χ0) is 15.6. The van der Waals surface area contributed by atoms with Crippen molar-refractivity contribution in [2.75, 3.05) is 0 Å². The van der Waals surface area contributed by atoms with Crippen LogP contribution in [0.5, 0.6) is 11.5 Å². The molecule has 1 N–H and O–H groups in total. The van der Waals surface area contributed by atoms with E-state index in [4.69, 9.17) is 9.84 Å². The number of carboxylic acid groups (broad SMARTS) is 1. The molecule has 0 fully saturated rings. The van der Waals surface area contributed by atoms with Gasteiger partial charge in [-0.15, -0.1) is 0 Å². The lowest BCUT2D eigenvalue weighted by Crippen LogP contribution is -2.02. The molecule has 2 aromatic carbocycles. The molecule has 0 bridgehead atoms. The lowest BCUT2D eigenvalue weighted by atomic mass is 10.1. The number of rotatable bonds is 4. The Balaban J connectivity index is 2.39. The maximum absolute atomic E-state index is 13.9. The highest BCUT2D eigenvalue weighted by atomic mass is 127. The predicted molar refractivity (Wildman–Crippen MR) is 82.6 cm³/mol. The van der Waals surface area contributed by atoms with Gasteiger partial charge in [0.2, 0.25) is 0 Å². The van der Waals surface area contributed by atoms with E-state index in [0.717, 1.165) is 9.64 Å². The number of halogens is 2. The number of carboxylic acids is 1. The lowest BCUT2D eigenvalue weighted by molar-refractivity contribution is 0.0693. The van der Waals surface area contributed by atoms with Gasteiger partial charge in [0, 0.05) is 9.13 Å². The van der Waals surface area contributed by atoms with Gasteiger partial charge < -0.3 is 9.84 Å². The van der Waals surface area contributed by atoms with Crippen molar-refractivity contribution in [2.45, 2.75) is 6.92 Å². The fraction of sp³-hybridized carbons (Fsp3) is 0.0667. The monoisotopic (exact) mass is 400 g/mol. The van der Waals surface area contributed by atoms with E-state index in [-0.39, 0.29) is 28.4 Å². The largest absolute Gasteiger partial charge is 0.478 e. The average Bonchev–Trinajstić information content (AvgIpc) is 2.42. The number of Topliss-reactive ketones (excluding diaryl/α,β-unsaturated/α-hetero) is 1. The van der Waals surface area contributed by atoms with Crippen LogP contribution >= 0.6 is 22.6 Å². The molecule has 0 unspecified atom stereocenters. The Hall–Kier alpha value is -1.96. The standard InChI is InChI=1S/C15H10FIO4/c1-8(18)9-2-4-14(12(16)6-9)21-13-5-3-10(17)7-11(13)15(19)20/h2-7H,1H3,(H,19,20). The molecule has 0 atom stereocenters. The zero-order valence-corrected chi connectivity index (χ0v) is 13.0. The summed E-state index contributed by atoms with van der Waals surface area (Å²) < 4.78 is 19.9.